The fourth-order valence-corrected chi connectivity index (χ4v) is 3.81. The third-order valence-corrected chi connectivity index (χ3v) is 5.89. The number of nitrogens with one attached hydrogen (secondary N) is 2. The predicted octanol–water partition coefficient (Wildman–Crippen LogP) is 2.38. The van der Waals surface area contributed by atoms with Crippen molar-refractivity contribution in [2.75, 3.05) is 18.4 Å². The summed E-state index contributed by atoms with van der Waals surface area (Å²) in [5.41, 5.74) is 6.47. The van der Waals surface area contributed by atoms with Crippen LogP contribution in [0.1, 0.15) is 23.2 Å². The van der Waals surface area contributed by atoms with Gasteiger partial charge in [0.05, 0.1) is 23.3 Å². The molecule has 4 N–H and O–H groups in total. The minimum absolute atomic E-state index is 0. The molecule has 0 heterocycles. The largest absolute Gasteiger partial charge is 0.497 e. The first kappa shape index (κ1) is 22.0. The van der Waals surface area contributed by atoms with Gasteiger partial charge in [-0.2, -0.15) is 0 Å². The van der Waals surface area contributed by atoms with Gasteiger partial charge in [-0.25, -0.2) is 8.42 Å². The van der Waals surface area contributed by atoms with Gasteiger partial charge in [0.15, 0.2) is 0 Å². The first-order valence-corrected chi connectivity index (χ1v) is 10.2. The van der Waals surface area contributed by atoms with Crippen LogP contribution in [-0.2, 0) is 10.0 Å². The molecule has 28 heavy (non-hydrogen) atoms. The number of nitrogens with two attached hydrogens (primary N) is 1. The highest BCUT2D eigenvalue weighted by molar-refractivity contribution is 7.92. The Balaban J connectivity index is 0.00000280. The number of carbonyl (C=O) groups is 1. The van der Waals surface area contributed by atoms with Crippen LogP contribution in [0.2, 0.25) is 0 Å². The van der Waals surface area contributed by atoms with Crippen molar-refractivity contribution in [3.05, 3.63) is 54.1 Å². The number of halogens is 1. The van der Waals surface area contributed by atoms with E-state index in [1.807, 2.05) is 0 Å². The lowest BCUT2D eigenvalue weighted by Gasteiger charge is -2.15. The number of benzene rings is 2. The number of carbonyl (C=O) groups excluding carboxylic acids is 1. The summed E-state index contributed by atoms with van der Waals surface area (Å²) in [6.45, 7) is 0.364. The molecule has 1 amide bonds. The zero-order chi connectivity index (χ0) is 19.4. The van der Waals surface area contributed by atoms with Crippen LogP contribution in [0.25, 0.3) is 0 Å². The maximum Gasteiger partial charge on any atom is 0.261 e. The van der Waals surface area contributed by atoms with Crippen molar-refractivity contribution in [2.24, 2.45) is 11.7 Å². The highest BCUT2D eigenvalue weighted by atomic mass is 35.5. The Kier molecular flexibility index (Phi) is 7.29. The number of hydrogen-bond acceptors (Lipinski definition) is 5. The van der Waals surface area contributed by atoms with Gasteiger partial charge in [-0.05, 0) is 55.2 Å². The molecule has 0 aromatic heterocycles. The molecule has 0 radical (unpaired) electrons. The normalized spacial score (nSPS) is 14.5. The van der Waals surface area contributed by atoms with E-state index in [4.69, 9.17) is 10.5 Å². The van der Waals surface area contributed by atoms with Gasteiger partial charge in [-0.15, -0.1) is 12.4 Å². The third-order valence-electron chi connectivity index (χ3n) is 4.51. The van der Waals surface area contributed by atoms with Gasteiger partial charge in [0.1, 0.15) is 5.75 Å². The minimum atomic E-state index is -3.84. The summed E-state index contributed by atoms with van der Waals surface area (Å²) in [6.07, 6.45) is 2.19. The summed E-state index contributed by atoms with van der Waals surface area (Å²) >= 11 is 0. The lowest BCUT2D eigenvalue weighted by Crippen LogP contribution is -2.38. The number of para-hydroxylation sites is 1. The van der Waals surface area contributed by atoms with E-state index in [0.29, 0.717) is 18.2 Å². The van der Waals surface area contributed by atoms with Crippen LogP contribution in [0, 0.1) is 5.92 Å². The second-order valence-electron chi connectivity index (χ2n) is 6.54. The molecule has 1 saturated carbocycles. The van der Waals surface area contributed by atoms with Gasteiger partial charge >= 0.3 is 0 Å². The average Bonchev–Trinajstić information content (AvgIpc) is 3.51. The number of amides is 1. The minimum Gasteiger partial charge on any atom is -0.497 e. The van der Waals surface area contributed by atoms with Crippen LogP contribution in [0.3, 0.4) is 0 Å². The van der Waals surface area contributed by atoms with Crippen molar-refractivity contribution >= 4 is 34.0 Å². The SMILES string of the molecule is COc1ccc(S(=O)(=O)Nc2ccccc2C(=O)NCC(N)C2CC2)cc1.Cl. The van der Waals surface area contributed by atoms with Crippen LogP contribution >= 0.6 is 12.4 Å². The Morgan fingerprint density at radius 1 is 1.18 bits per heavy atom. The molecule has 3 rings (SSSR count). The van der Waals surface area contributed by atoms with E-state index < -0.39 is 10.0 Å². The molecule has 0 aliphatic heterocycles. The van der Waals surface area contributed by atoms with E-state index in [1.54, 1.807) is 36.4 Å². The smallest absolute Gasteiger partial charge is 0.261 e. The number of methoxy groups -OCH3 is 1. The number of sulfonamides is 1. The molecular weight excluding hydrogens is 402 g/mol. The maximum atomic E-state index is 12.6. The van der Waals surface area contributed by atoms with Crippen molar-refractivity contribution in [3.8, 4) is 5.75 Å². The lowest BCUT2D eigenvalue weighted by atomic mass is 10.1. The first-order chi connectivity index (χ1) is 12.9. The second kappa shape index (κ2) is 9.27. The topological polar surface area (TPSA) is 111 Å². The van der Waals surface area contributed by atoms with Gasteiger partial charge < -0.3 is 15.8 Å². The molecule has 1 unspecified atom stereocenters. The second-order valence-corrected chi connectivity index (χ2v) is 8.22. The van der Waals surface area contributed by atoms with E-state index in [-0.39, 0.29) is 40.5 Å². The Bertz CT molecular complexity index is 915. The van der Waals surface area contributed by atoms with Crippen molar-refractivity contribution in [1.82, 2.24) is 5.32 Å². The third kappa shape index (κ3) is 5.37. The summed E-state index contributed by atoms with van der Waals surface area (Å²) in [5.74, 6) is 0.661. The van der Waals surface area contributed by atoms with Gasteiger partial charge in [0.25, 0.3) is 15.9 Å². The molecule has 2 aromatic carbocycles. The first-order valence-electron chi connectivity index (χ1n) is 8.70. The van der Waals surface area contributed by atoms with Crippen LogP contribution in [0.15, 0.2) is 53.4 Å². The van der Waals surface area contributed by atoms with Crippen molar-refractivity contribution in [3.63, 3.8) is 0 Å². The fourth-order valence-electron chi connectivity index (χ4n) is 2.73. The number of ether oxygens (including phenoxy) is 1. The molecule has 1 aliphatic carbocycles. The van der Waals surface area contributed by atoms with Crippen molar-refractivity contribution < 1.29 is 17.9 Å². The molecule has 2 aromatic rings. The highest BCUT2D eigenvalue weighted by Gasteiger charge is 2.28. The molecule has 1 aliphatic rings. The van der Waals surface area contributed by atoms with E-state index in [1.165, 1.54) is 19.2 Å². The molecule has 1 atom stereocenters. The lowest BCUT2D eigenvalue weighted by molar-refractivity contribution is 0.0951. The number of hydrogen-bond donors (Lipinski definition) is 3. The van der Waals surface area contributed by atoms with Crippen LogP contribution in [-0.4, -0.2) is 34.0 Å². The Morgan fingerprint density at radius 2 is 1.82 bits per heavy atom. The summed E-state index contributed by atoms with van der Waals surface area (Å²) in [5, 5.41) is 2.79. The maximum absolute atomic E-state index is 12.6. The highest BCUT2D eigenvalue weighted by Crippen LogP contribution is 2.31. The number of anilines is 1. The Morgan fingerprint density at radius 3 is 2.43 bits per heavy atom. The van der Waals surface area contributed by atoms with Crippen LogP contribution in [0.4, 0.5) is 5.69 Å². The molecule has 152 valence electrons. The number of rotatable bonds is 8. The zero-order valence-corrected chi connectivity index (χ0v) is 17.1. The van der Waals surface area contributed by atoms with Crippen LogP contribution < -0.4 is 20.5 Å². The molecule has 0 saturated heterocycles. The molecule has 7 nitrogen and oxygen atoms in total. The van der Waals surface area contributed by atoms with Gasteiger partial charge in [0, 0.05) is 12.6 Å². The van der Waals surface area contributed by atoms with Gasteiger partial charge in [0.2, 0.25) is 0 Å². The van der Waals surface area contributed by atoms with Gasteiger partial charge in [-0.1, -0.05) is 12.1 Å². The van der Waals surface area contributed by atoms with Crippen LogP contribution in [0.5, 0.6) is 5.75 Å². The monoisotopic (exact) mass is 425 g/mol. The quantitative estimate of drug-likeness (QED) is 0.601. The van der Waals surface area contributed by atoms with E-state index >= 15 is 0 Å². The molecule has 0 spiro atoms. The van der Waals surface area contributed by atoms with Crippen molar-refractivity contribution in [1.29, 1.82) is 0 Å². The Hall–Kier alpha value is -2.29. The fraction of sp³-hybridized carbons (Fsp3) is 0.316. The molecular formula is C19H24ClN3O4S. The average molecular weight is 426 g/mol. The molecule has 1 fully saturated rings. The van der Waals surface area contributed by atoms with Crippen molar-refractivity contribution in [2.45, 2.75) is 23.8 Å². The van der Waals surface area contributed by atoms with E-state index in [9.17, 15) is 13.2 Å². The van der Waals surface area contributed by atoms with Gasteiger partial charge in [-0.3, -0.25) is 9.52 Å². The van der Waals surface area contributed by atoms with E-state index in [2.05, 4.69) is 10.0 Å². The predicted molar refractivity (Wildman–Crippen MR) is 111 cm³/mol. The standard InChI is InChI=1S/C19H23N3O4S.ClH/c1-26-14-8-10-15(11-9-14)27(24,25)22-18-5-3-2-4-16(18)19(23)21-12-17(20)13-6-7-13;/h2-5,8-11,13,17,22H,6-7,12,20H2,1H3,(H,21,23);1H. The molecule has 0 bridgehead atoms. The Labute approximate surface area is 171 Å². The summed E-state index contributed by atoms with van der Waals surface area (Å²) in [6, 6.07) is 12.4. The summed E-state index contributed by atoms with van der Waals surface area (Å²) in [7, 11) is -2.33. The zero-order valence-electron chi connectivity index (χ0n) is 15.4. The van der Waals surface area contributed by atoms with E-state index in [0.717, 1.165) is 12.8 Å². The molecule has 9 heteroatoms. The summed E-state index contributed by atoms with van der Waals surface area (Å²) in [4.78, 5) is 12.6. The summed E-state index contributed by atoms with van der Waals surface area (Å²) < 4.78 is 32.8.